The van der Waals surface area contributed by atoms with Crippen molar-refractivity contribution in [3.05, 3.63) is 98.6 Å². The van der Waals surface area contributed by atoms with Gasteiger partial charge in [0.2, 0.25) is 0 Å². The highest BCUT2D eigenvalue weighted by molar-refractivity contribution is 7.93. The fraction of sp³-hybridized carbons (Fsp3) is 0.0952. The molecular weight excluding hydrogens is 428 g/mol. The predicted molar refractivity (Wildman–Crippen MR) is 114 cm³/mol. The number of nitro benzene ring substituents is 1. The summed E-state index contributed by atoms with van der Waals surface area (Å²) in [5.74, 6) is -0.924. The van der Waals surface area contributed by atoms with E-state index in [0.29, 0.717) is 9.87 Å². The van der Waals surface area contributed by atoms with Crippen molar-refractivity contribution in [1.82, 2.24) is 0 Å². The van der Waals surface area contributed by atoms with Gasteiger partial charge in [-0.25, -0.2) is 8.42 Å². The molecule has 0 fully saturated rings. The lowest BCUT2D eigenvalue weighted by Gasteiger charge is -2.25. The summed E-state index contributed by atoms with van der Waals surface area (Å²) in [6.45, 7) is 3.50. The summed E-state index contributed by atoms with van der Waals surface area (Å²) in [5, 5.41) is 11.1. The molecule has 0 unspecified atom stereocenters. The molecule has 0 aromatic heterocycles. The van der Waals surface area contributed by atoms with Crippen LogP contribution in [0.1, 0.15) is 21.5 Å². The zero-order valence-electron chi connectivity index (χ0n) is 16.1. The average molecular weight is 445 g/mol. The lowest BCUT2D eigenvalue weighted by atomic mass is 10.1. The summed E-state index contributed by atoms with van der Waals surface area (Å²) in [6, 6.07) is 15.9. The molecule has 9 heteroatoms. The molecule has 30 heavy (non-hydrogen) atoms. The van der Waals surface area contributed by atoms with Crippen molar-refractivity contribution in [2.45, 2.75) is 18.7 Å². The largest absolute Gasteiger partial charge is 0.288 e. The number of anilines is 1. The van der Waals surface area contributed by atoms with Crippen molar-refractivity contribution in [2.75, 3.05) is 4.31 Å². The quantitative estimate of drug-likeness (QED) is 0.411. The van der Waals surface area contributed by atoms with Gasteiger partial charge in [-0.2, -0.15) is 4.31 Å². The van der Waals surface area contributed by atoms with Gasteiger partial charge in [-0.15, -0.1) is 0 Å². The van der Waals surface area contributed by atoms with E-state index in [1.807, 2.05) is 0 Å². The van der Waals surface area contributed by atoms with Gasteiger partial charge >= 0.3 is 0 Å². The Hall–Kier alpha value is -3.23. The standard InChI is InChI=1S/C21H17ClN2O5S/c1-14-7-6-10-19(15(14)2)23(30(28,29)17-8-4-3-5-9-17)21(25)16-11-12-18(22)20(13-16)24(26)27/h3-13H,1-2H3. The van der Waals surface area contributed by atoms with Crippen molar-refractivity contribution in [3.8, 4) is 0 Å². The predicted octanol–water partition coefficient (Wildman–Crippen LogP) is 4.90. The molecule has 154 valence electrons. The summed E-state index contributed by atoms with van der Waals surface area (Å²) in [4.78, 5) is 23.8. The number of benzene rings is 3. The van der Waals surface area contributed by atoms with Crippen LogP contribution in [0.25, 0.3) is 0 Å². The van der Waals surface area contributed by atoms with Gasteiger partial charge in [0.15, 0.2) is 0 Å². The molecule has 3 rings (SSSR count). The van der Waals surface area contributed by atoms with Gasteiger partial charge < -0.3 is 0 Å². The first-order chi connectivity index (χ1) is 14.1. The van der Waals surface area contributed by atoms with Crippen LogP contribution >= 0.6 is 11.6 Å². The van der Waals surface area contributed by atoms with Crippen molar-refractivity contribution in [3.63, 3.8) is 0 Å². The molecule has 0 heterocycles. The Morgan fingerprint density at radius 1 is 1.00 bits per heavy atom. The molecule has 0 saturated heterocycles. The van der Waals surface area contributed by atoms with Crippen molar-refractivity contribution in [2.24, 2.45) is 0 Å². The molecule has 1 amide bonds. The maximum atomic E-state index is 13.4. The molecule has 0 spiro atoms. The number of rotatable bonds is 5. The van der Waals surface area contributed by atoms with Crippen LogP contribution in [0.2, 0.25) is 5.02 Å². The molecule has 0 aliphatic heterocycles. The fourth-order valence-corrected chi connectivity index (χ4v) is 4.58. The van der Waals surface area contributed by atoms with Gasteiger partial charge in [-0.1, -0.05) is 41.9 Å². The van der Waals surface area contributed by atoms with Gasteiger partial charge in [-0.05, 0) is 55.3 Å². The third-order valence-electron chi connectivity index (χ3n) is 4.65. The van der Waals surface area contributed by atoms with Gasteiger partial charge in [0.05, 0.1) is 15.5 Å². The third kappa shape index (κ3) is 3.92. The topological polar surface area (TPSA) is 97.6 Å². The zero-order valence-corrected chi connectivity index (χ0v) is 17.6. The monoisotopic (exact) mass is 444 g/mol. The minimum atomic E-state index is -4.30. The van der Waals surface area contributed by atoms with Crippen LogP contribution in [0.5, 0.6) is 0 Å². The summed E-state index contributed by atoms with van der Waals surface area (Å²) >= 11 is 5.84. The van der Waals surface area contributed by atoms with Crippen LogP contribution < -0.4 is 4.31 Å². The number of sulfonamides is 1. The fourth-order valence-electron chi connectivity index (χ4n) is 2.90. The Bertz CT molecular complexity index is 1240. The minimum absolute atomic E-state index is 0.0808. The molecule has 0 N–H and O–H groups in total. The van der Waals surface area contributed by atoms with E-state index in [2.05, 4.69) is 0 Å². The van der Waals surface area contributed by atoms with Gasteiger partial charge in [0.1, 0.15) is 5.02 Å². The molecule has 0 saturated carbocycles. The first-order valence-electron chi connectivity index (χ1n) is 8.79. The van der Waals surface area contributed by atoms with Crippen LogP contribution in [-0.4, -0.2) is 19.2 Å². The number of amides is 1. The number of carbonyl (C=O) groups is 1. The molecule has 0 bridgehead atoms. The van der Waals surface area contributed by atoms with Crippen LogP contribution in [-0.2, 0) is 10.0 Å². The number of halogens is 1. The Morgan fingerprint density at radius 2 is 1.67 bits per heavy atom. The Labute approximate surface area is 178 Å². The molecule has 3 aromatic carbocycles. The van der Waals surface area contributed by atoms with E-state index >= 15 is 0 Å². The van der Waals surface area contributed by atoms with Crippen LogP contribution in [0, 0.1) is 24.0 Å². The van der Waals surface area contributed by atoms with E-state index in [-0.39, 0.29) is 21.2 Å². The smallest absolute Gasteiger partial charge is 0.268 e. The van der Waals surface area contributed by atoms with E-state index in [0.717, 1.165) is 11.6 Å². The van der Waals surface area contributed by atoms with Crippen molar-refractivity contribution in [1.29, 1.82) is 0 Å². The average Bonchev–Trinajstić information content (AvgIpc) is 2.72. The van der Waals surface area contributed by atoms with Crippen molar-refractivity contribution >= 4 is 38.9 Å². The number of hydrogen-bond donors (Lipinski definition) is 0. The lowest BCUT2D eigenvalue weighted by Crippen LogP contribution is -2.37. The maximum absolute atomic E-state index is 13.4. The molecule has 0 aliphatic carbocycles. The van der Waals surface area contributed by atoms with Crippen molar-refractivity contribution < 1.29 is 18.1 Å². The zero-order chi connectivity index (χ0) is 22.1. The maximum Gasteiger partial charge on any atom is 0.288 e. The Morgan fingerprint density at radius 3 is 2.30 bits per heavy atom. The highest BCUT2D eigenvalue weighted by atomic mass is 35.5. The number of nitro groups is 1. The van der Waals surface area contributed by atoms with Gasteiger partial charge in [0, 0.05) is 11.6 Å². The summed E-state index contributed by atoms with van der Waals surface area (Å²) in [7, 11) is -4.30. The van der Waals surface area contributed by atoms with E-state index in [1.165, 1.54) is 30.3 Å². The Kier molecular flexibility index (Phi) is 5.91. The van der Waals surface area contributed by atoms with E-state index < -0.39 is 26.5 Å². The lowest BCUT2D eigenvalue weighted by molar-refractivity contribution is -0.384. The van der Waals surface area contributed by atoms with E-state index in [4.69, 9.17) is 11.6 Å². The molecule has 0 aliphatic rings. The Balaban J connectivity index is 2.25. The molecule has 0 radical (unpaired) electrons. The number of aryl methyl sites for hydroxylation is 1. The molecular formula is C21H17ClN2O5S. The van der Waals surface area contributed by atoms with Crippen LogP contribution in [0.4, 0.5) is 11.4 Å². The second kappa shape index (κ2) is 8.25. The summed E-state index contributed by atoms with van der Waals surface area (Å²) in [5.41, 5.74) is 0.887. The van der Waals surface area contributed by atoms with Crippen LogP contribution in [0.15, 0.2) is 71.6 Å². The highest BCUT2D eigenvalue weighted by Crippen LogP contribution is 2.32. The highest BCUT2D eigenvalue weighted by Gasteiger charge is 2.34. The normalized spacial score (nSPS) is 11.2. The SMILES string of the molecule is Cc1cccc(N(C(=O)c2ccc(Cl)c([N+](=O)[O-])c2)S(=O)(=O)c2ccccc2)c1C. The first kappa shape index (κ1) is 21.5. The first-order valence-corrected chi connectivity index (χ1v) is 10.6. The second-order valence-electron chi connectivity index (χ2n) is 6.53. The molecule has 7 nitrogen and oxygen atoms in total. The van der Waals surface area contributed by atoms with E-state index in [1.54, 1.807) is 44.2 Å². The third-order valence-corrected chi connectivity index (χ3v) is 6.68. The van der Waals surface area contributed by atoms with Gasteiger partial charge in [0.25, 0.3) is 21.6 Å². The summed E-state index contributed by atoms with van der Waals surface area (Å²) in [6.07, 6.45) is 0. The van der Waals surface area contributed by atoms with Gasteiger partial charge in [-0.3, -0.25) is 14.9 Å². The van der Waals surface area contributed by atoms with Crippen LogP contribution in [0.3, 0.4) is 0 Å². The number of nitrogens with zero attached hydrogens (tertiary/aromatic N) is 2. The molecule has 3 aromatic rings. The second-order valence-corrected chi connectivity index (χ2v) is 8.72. The number of carbonyl (C=O) groups excluding carboxylic acids is 1. The number of hydrogen-bond acceptors (Lipinski definition) is 5. The van der Waals surface area contributed by atoms with E-state index in [9.17, 15) is 23.3 Å². The molecule has 0 atom stereocenters. The summed E-state index contributed by atoms with van der Waals surface area (Å²) < 4.78 is 27.6. The minimum Gasteiger partial charge on any atom is -0.268 e.